The highest BCUT2D eigenvalue weighted by molar-refractivity contribution is 7.49. The molecule has 0 amide bonds. The smallest absolute Gasteiger partial charge is 0.286 e. The fourth-order valence-electron chi connectivity index (χ4n) is 0.497. The average molecular weight is 163 g/mol. The molecular weight excluding hydrogens is 161 g/mol. The molecule has 0 spiro atoms. The number of oxime groups is 1. The normalized spacial score (nSPS) is 26.0. The Bertz CT molecular complexity index is 251. The van der Waals surface area contributed by atoms with E-state index in [9.17, 15) is 4.57 Å². The molecule has 8 heteroatoms. The molecule has 0 aromatic rings. The highest BCUT2D eigenvalue weighted by Gasteiger charge is 2.53. The Balaban J connectivity index is 2.30. The van der Waals surface area contributed by atoms with E-state index in [1.807, 2.05) is 0 Å². The summed E-state index contributed by atoms with van der Waals surface area (Å²) in [7, 11) is -3.34. The fourth-order valence-corrected chi connectivity index (χ4v) is 1.25. The molecular formula is C2H2N3O4P. The van der Waals surface area contributed by atoms with Crippen LogP contribution >= 0.6 is 7.82 Å². The van der Waals surface area contributed by atoms with Crippen molar-refractivity contribution >= 4 is 20.5 Å². The van der Waals surface area contributed by atoms with E-state index in [0.717, 1.165) is 5.23 Å². The van der Waals surface area contributed by atoms with Crippen LogP contribution in [0.5, 0.6) is 0 Å². The van der Waals surface area contributed by atoms with Crippen molar-refractivity contribution in [3.05, 3.63) is 0 Å². The Morgan fingerprint density at radius 1 is 1.70 bits per heavy atom. The van der Waals surface area contributed by atoms with Crippen molar-refractivity contribution < 1.29 is 18.4 Å². The lowest BCUT2D eigenvalue weighted by Crippen LogP contribution is -2.40. The van der Waals surface area contributed by atoms with E-state index in [2.05, 4.69) is 30.7 Å². The molecule has 0 unspecified atom stereocenters. The van der Waals surface area contributed by atoms with Crippen molar-refractivity contribution in [2.24, 2.45) is 10.1 Å². The van der Waals surface area contributed by atoms with Gasteiger partial charge in [0.2, 0.25) is 0 Å². The van der Waals surface area contributed by atoms with Crippen LogP contribution in [0.1, 0.15) is 0 Å². The second-order valence-electron chi connectivity index (χ2n) is 1.50. The quantitative estimate of drug-likeness (QED) is 0.378. The molecule has 1 saturated heterocycles. The van der Waals surface area contributed by atoms with Crippen molar-refractivity contribution in [1.29, 1.82) is 0 Å². The van der Waals surface area contributed by atoms with Gasteiger partial charge in [0.25, 0.3) is 0 Å². The van der Waals surface area contributed by atoms with Crippen LogP contribution in [0.4, 0.5) is 0 Å². The van der Waals surface area contributed by atoms with E-state index < -0.39 is 7.82 Å². The standard InChI is InChI=1S/C2H2N3O4P/c1-3-2-4-7-10(6)8-5(2)9-10/h1H2. The first-order chi connectivity index (χ1) is 4.73. The van der Waals surface area contributed by atoms with Crippen LogP contribution in [-0.4, -0.2) is 17.9 Å². The Kier molecular flexibility index (Phi) is 0.918. The van der Waals surface area contributed by atoms with Gasteiger partial charge in [-0.15, -0.1) is 9.25 Å². The molecule has 2 bridgehead atoms. The van der Waals surface area contributed by atoms with Crippen LogP contribution in [-0.2, 0) is 18.4 Å². The highest BCUT2D eigenvalue weighted by Crippen LogP contribution is 2.62. The molecule has 0 aliphatic carbocycles. The monoisotopic (exact) mass is 163 g/mol. The number of guanidine groups is 1. The first kappa shape index (κ1) is 5.84. The van der Waals surface area contributed by atoms with E-state index in [0.29, 0.717) is 0 Å². The molecule has 10 heavy (non-hydrogen) atoms. The number of phosphoric acid groups is 1. The average Bonchev–Trinajstić information content (AvgIpc) is 1.86. The topological polar surface area (TPSA) is 72.7 Å². The summed E-state index contributed by atoms with van der Waals surface area (Å²) in [6.07, 6.45) is 0. The largest absolute Gasteiger partial charge is 0.599 e. The molecule has 3 aliphatic rings. The van der Waals surface area contributed by atoms with Gasteiger partial charge in [0.05, 0.1) is 0 Å². The lowest BCUT2D eigenvalue weighted by molar-refractivity contribution is -0.312. The van der Waals surface area contributed by atoms with Gasteiger partial charge in [-0.2, -0.15) is 0 Å². The summed E-state index contributed by atoms with van der Waals surface area (Å²) in [5, 5.41) is 4.03. The predicted octanol–water partition coefficient (Wildman–Crippen LogP) is 0.275. The van der Waals surface area contributed by atoms with Crippen molar-refractivity contribution in [1.82, 2.24) is 5.23 Å². The zero-order valence-corrected chi connectivity index (χ0v) is 5.52. The molecule has 0 aromatic heterocycles. The van der Waals surface area contributed by atoms with E-state index in [-0.39, 0.29) is 5.96 Å². The van der Waals surface area contributed by atoms with E-state index in [1.54, 1.807) is 0 Å². The third kappa shape index (κ3) is 0.591. The summed E-state index contributed by atoms with van der Waals surface area (Å²) in [6.45, 7) is 3.13. The van der Waals surface area contributed by atoms with Gasteiger partial charge in [-0.05, 0) is 11.9 Å². The lowest BCUT2D eigenvalue weighted by atomic mass is 11.0. The minimum absolute atomic E-state index is 0.00211. The highest BCUT2D eigenvalue weighted by atomic mass is 31.2. The molecule has 54 valence electrons. The second kappa shape index (κ2) is 1.57. The van der Waals surface area contributed by atoms with Crippen LogP contribution in [0.2, 0.25) is 0 Å². The van der Waals surface area contributed by atoms with Crippen LogP contribution < -0.4 is 0 Å². The molecule has 3 aliphatic heterocycles. The Hall–Kier alpha value is -0.910. The van der Waals surface area contributed by atoms with Crippen molar-refractivity contribution in [3.63, 3.8) is 0 Å². The van der Waals surface area contributed by atoms with Gasteiger partial charge in [0, 0.05) is 0 Å². The van der Waals surface area contributed by atoms with Crippen molar-refractivity contribution in [2.75, 3.05) is 0 Å². The Morgan fingerprint density at radius 3 is 2.80 bits per heavy atom. The molecule has 3 rings (SSSR count). The maximum atomic E-state index is 10.7. The van der Waals surface area contributed by atoms with Crippen LogP contribution in [0.3, 0.4) is 0 Å². The first-order valence-corrected chi connectivity index (χ1v) is 3.73. The van der Waals surface area contributed by atoms with Gasteiger partial charge >= 0.3 is 13.8 Å². The summed E-state index contributed by atoms with van der Waals surface area (Å²) < 4.78 is 23.8. The van der Waals surface area contributed by atoms with Gasteiger partial charge in [-0.1, -0.05) is 5.23 Å². The number of rotatable bonds is 0. The third-order valence-electron chi connectivity index (χ3n) is 0.876. The molecule has 7 nitrogen and oxygen atoms in total. The van der Waals surface area contributed by atoms with Crippen LogP contribution in [0, 0.1) is 0 Å². The predicted molar refractivity (Wildman–Crippen MR) is 29.7 cm³/mol. The van der Waals surface area contributed by atoms with E-state index in [1.165, 1.54) is 0 Å². The zero-order chi connectivity index (χ0) is 7.19. The number of hydrogen-bond donors (Lipinski definition) is 0. The SMILES string of the molecule is C=NC1=NOP2(=O)ON1O2. The van der Waals surface area contributed by atoms with Crippen LogP contribution in [0.15, 0.2) is 10.1 Å². The minimum atomic E-state index is -3.34. The van der Waals surface area contributed by atoms with Gasteiger partial charge in [0.15, 0.2) is 0 Å². The Labute approximate surface area is 55.4 Å². The van der Waals surface area contributed by atoms with E-state index >= 15 is 0 Å². The van der Waals surface area contributed by atoms with Gasteiger partial charge in [-0.25, -0.2) is 9.56 Å². The summed E-state index contributed by atoms with van der Waals surface area (Å²) >= 11 is 0. The lowest BCUT2D eigenvalue weighted by Gasteiger charge is -2.34. The first-order valence-electron chi connectivity index (χ1n) is 2.27. The van der Waals surface area contributed by atoms with Gasteiger partial charge in [-0.3, -0.25) is 4.62 Å². The molecule has 0 N–H and O–H groups in total. The molecule has 0 saturated carbocycles. The molecule has 1 fully saturated rings. The van der Waals surface area contributed by atoms with Gasteiger partial charge in [0.1, 0.15) is 0 Å². The maximum Gasteiger partial charge on any atom is 0.599 e. The Morgan fingerprint density at radius 2 is 2.40 bits per heavy atom. The maximum absolute atomic E-state index is 10.7. The minimum Gasteiger partial charge on any atom is -0.286 e. The van der Waals surface area contributed by atoms with Crippen LogP contribution in [0.25, 0.3) is 0 Å². The third-order valence-corrected chi connectivity index (χ3v) is 1.85. The molecule has 0 atom stereocenters. The summed E-state index contributed by atoms with van der Waals surface area (Å²) in [5.41, 5.74) is 0. The summed E-state index contributed by atoms with van der Waals surface area (Å²) in [5.74, 6) is -0.00211. The van der Waals surface area contributed by atoms with Crippen molar-refractivity contribution in [2.45, 2.75) is 0 Å². The molecule has 0 radical (unpaired) electrons. The summed E-state index contributed by atoms with van der Waals surface area (Å²) in [4.78, 5) is 3.33. The second-order valence-corrected chi connectivity index (χ2v) is 2.88. The number of nitrogens with zero attached hydrogens (tertiary/aromatic N) is 3. The number of fused-ring (bicyclic) bond motifs is 1. The fraction of sp³-hybridized carbons (Fsp3) is 0. The number of hydrogen-bond acceptors (Lipinski definition) is 7. The number of hydroxylamine groups is 2. The molecule has 0 aromatic carbocycles. The summed E-state index contributed by atoms with van der Waals surface area (Å²) in [6, 6.07) is 0. The van der Waals surface area contributed by atoms with E-state index in [4.69, 9.17) is 0 Å². The zero-order valence-electron chi connectivity index (χ0n) is 4.63. The van der Waals surface area contributed by atoms with Crippen molar-refractivity contribution in [3.8, 4) is 0 Å². The van der Waals surface area contributed by atoms with Gasteiger partial charge < -0.3 is 0 Å². The molecule has 3 heterocycles. The number of aliphatic imine (C=N–C) groups is 1.